The number of ether oxygens (including phenoxy) is 5. The maximum absolute atomic E-state index is 12.5. The van der Waals surface area contributed by atoms with Crippen molar-refractivity contribution in [1.82, 2.24) is 10.6 Å². The molecule has 1 amide bonds. The molecule has 0 spiro atoms. The number of para-hydroxylation sites is 1. The normalized spacial score (nSPS) is 15.3. The van der Waals surface area contributed by atoms with E-state index in [0.717, 1.165) is 5.56 Å². The highest BCUT2D eigenvalue weighted by Gasteiger charge is 2.36. The summed E-state index contributed by atoms with van der Waals surface area (Å²) in [5.74, 6) is 0.296. The minimum atomic E-state index is -0.891. The van der Waals surface area contributed by atoms with Crippen LogP contribution in [-0.2, 0) is 25.6 Å². The van der Waals surface area contributed by atoms with Crippen LogP contribution in [0.15, 0.2) is 77.5 Å². The molecule has 2 aromatic carbocycles. The van der Waals surface area contributed by atoms with E-state index in [1.54, 1.807) is 13.8 Å². The van der Waals surface area contributed by atoms with Gasteiger partial charge in [-0.1, -0.05) is 48.5 Å². The fraction of sp³-hybridized carbons (Fsp3) is 0.308. The van der Waals surface area contributed by atoms with Crippen molar-refractivity contribution >= 4 is 12.2 Å². The Kier molecular flexibility index (Phi) is 9.14. The summed E-state index contributed by atoms with van der Waals surface area (Å²) in [5.41, 5.74) is 2.81. The van der Waals surface area contributed by atoms with Crippen molar-refractivity contribution in [2.24, 2.45) is 0 Å². The van der Waals surface area contributed by atoms with Crippen LogP contribution in [0.3, 0.4) is 0 Å². The molecule has 1 aliphatic heterocycles. The summed E-state index contributed by atoms with van der Waals surface area (Å²) >= 11 is 0. The molecule has 0 aromatic heterocycles. The Labute approximate surface area is 204 Å². The number of nitrogens with one attached hydrogen (secondary N) is 2. The molecule has 9 nitrogen and oxygen atoms in total. The van der Waals surface area contributed by atoms with Gasteiger partial charge in [-0.25, -0.2) is 9.59 Å². The average Bonchev–Trinajstić information content (AvgIpc) is 2.86. The van der Waals surface area contributed by atoms with E-state index in [-0.39, 0.29) is 18.1 Å². The van der Waals surface area contributed by atoms with Crippen LogP contribution >= 0.6 is 0 Å². The quantitative estimate of drug-likeness (QED) is 0.396. The van der Waals surface area contributed by atoms with Gasteiger partial charge in [0.1, 0.15) is 29.8 Å². The topological polar surface area (TPSA) is 104 Å². The Hall–Kier alpha value is -3.98. The molecule has 9 heteroatoms. The zero-order chi connectivity index (χ0) is 25.2. The van der Waals surface area contributed by atoms with Crippen LogP contribution in [0.1, 0.15) is 30.9 Å². The van der Waals surface area contributed by atoms with E-state index >= 15 is 0 Å². The number of hydrogen-bond acceptors (Lipinski definition) is 8. The molecule has 3 rings (SSSR count). The van der Waals surface area contributed by atoms with Crippen molar-refractivity contribution in [1.29, 1.82) is 0 Å². The molecule has 0 saturated carbocycles. The molecular formula is C26H30N2O7. The largest absolute Gasteiger partial charge is 0.513 e. The minimum Gasteiger partial charge on any atom is -0.489 e. The number of rotatable bonds is 9. The molecule has 1 unspecified atom stereocenters. The third-order valence-electron chi connectivity index (χ3n) is 5.24. The van der Waals surface area contributed by atoms with E-state index in [4.69, 9.17) is 23.7 Å². The Morgan fingerprint density at radius 1 is 0.914 bits per heavy atom. The number of amides is 1. The first-order valence-corrected chi connectivity index (χ1v) is 11.1. The second-order valence-corrected chi connectivity index (χ2v) is 7.71. The lowest BCUT2D eigenvalue weighted by Gasteiger charge is -2.31. The van der Waals surface area contributed by atoms with Crippen molar-refractivity contribution in [3.63, 3.8) is 0 Å². The van der Waals surface area contributed by atoms with Gasteiger partial charge in [0.05, 0.1) is 25.1 Å². The highest BCUT2D eigenvalue weighted by Crippen LogP contribution is 2.43. The van der Waals surface area contributed by atoms with Crippen molar-refractivity contribution in [2.75, 3.05) is 27.4 Å². The van der Waals surface area contributed by atoms with Gasteiger partial charge >= 0.3 is 12.2 Å². The third kappa shape index (κ3) is 6.77. The van der Waals surface area contributed by atoms with Gasteiger partial charge in [0.25, 0.3) is 0 Å². The minimum absolute atomic E-state index is 0.234. The average molecular weight is 483 g/mol. The molecule has 1 atom stereocenters. The number of allylic oxidation sites excluding steroid dienone is 2. The molecule has 2 N–H and O–H groups in total. The molecule has 35 heavy (non-hydrogen) atoms. The fourth-order valence-electron chi connectivity index (χ4n) is 3.62. The van der Waals surface area contributed by atoms with E-state index in [1.807, 2.05) is 54.6 Å². The summed E-state index contributed by atoms with van der Waals surface area (Å²) in [6.45, 7) is 4.47. The van der Waals surface area contributed by atoms with Gasteiger partial charge in [0.2, 0.25) is 0 Å². The first-order chi connectivity index (χ1) is 16.9. The summed E-state index contributed by atoms with van der Waals surface area (Å²) in [5, 5.41) is 5.75. The van der Waals surface area contributed by atoms with E-state index in [2.05, 4.69) is 10.6 Å². The monoisotopic (exact) mass is 482 g/mol. The first-order valence-electron chi connectivity index (χ1n) is 11.1. The summed E-state index contributed by atoms with van der Waals surface area (Å²) in [6.07, 6.45) is -1.56. The lowest BCUT2D eigenvalue weighted by atomic mass is 9.90. The lowest BCUT2D eigenvalue weighted by Crippen LogP contribution is -2.33. The van der Waals surface area contributed by atoms with Crippen LogP contribution in [0.5, 0.6) is 5.75 Å². The molecule has 0 fully saturated rings. The van der Waals surface area contributed by atoms with Crippen LogP contribution in [-0.4, -0.2) is 39.6 Å². The van der Waals surface area contributed by atoms with Gasteiger partial charge in [-0.3, -0.25) is 0 Å². The Balaban J connectivity index is 1.99. The van der Waals surface area contributed by atoms with Gasteiger partial charge in [-0.2, -0.15) is 0 Å². The number of dihydropyridines is 1. The van der Waals surface area contributed by atoms with Crippen molar-refractivity contribution in [2.45, 2.75) is 26.4 Å². The van der Waals surface area contributed by atoms with Gasteiger partial charge in [-0.15, -0.1) is 0 Å². The molecule has 2 aromatic rings. The molecule has 0 radical (unpaired) electrons. The molecule has 186 valence electrons. The van der Waals surface area contributed by atoms with Gasteiger partial charge < -0.3 is 34.3 Å². The zero-order valence-electron chi connectivity index (χ0n) is 20.3. The second kappa shape index (κ2) is 12.5. The van der Waals surface area contributed by atoms with Gasteiger partial charge in [0, 0.05) is 19.2 Å². The summed E-state index contributed by atoms with van der Waals surface area (Å²) in [7, 11) is 2.76. The highest BCUT2D eigenvalue weighted by atomic mass is 16.7. The summed E-state index contributed by atoms with van der Waals surface area (Å²) in [6, 6.07) is 17.1. The second-order valence-electron chi connectivity index (χ2n) is 7.71. The lowest BCUT2D eigenvalue weighted by molar-refractivity contribution is 0.0885. The van der Waals surface area contributed by atoms with E-state index in [1.165, 1.54) is 14.2 Å². The Morgan fingerprint density at radius 2 is 1.57 bits per heavy atom. The van der Waals surface area contributed by atoms with Crippen LogP contribution in [0.2, 0.25) is 0 Å². The summed E-state index contributed by atoms with van der Waals surface area (Å²) < 4.78 is 27.1. The fourth-order valence-corrected chi connectivity index (χ4v) is 3.62. The smallest absolute Gasteiger partial charge is 0.489 e. The molecule has 0 aliphatic carbocycles. The van der Waals surface area contributed by atoms with Crippen LogP contribution in [0.4, 0.5) is 9.59 Å². The number of hydrogen-bond donors (Lipinski definition) is 2. The molecular weight excluding hydrogens is 452 g/mol. The molecule has 0 bridgehead atoms. The first kappa shape index (κ1) is 25.6. The third-order valence-corrected chi connectivity index (χ3v) is 5.24. The number of carbonyl (C=O) groups is 2. The van der Waals surface area contributed by atoms with E-state index < -0.39 is 18.2 Å². The number of alkyl carbamates (subject to hydrolysis) is 1. The maximum Gasteiger partial charge on any atom is 0.513 e. The van der Waals surface area contributed by atoms with Crippen LogP contribution in [0, 0.1) is 0 Å². The number of carbonyl (C=O) groups excluding carboxylic acids is 2. The number of benzene rings is 2. The summed E-state index contributed by atoms with van der Waals surface area (Å²) in [4.78, 5) is 24.6. The van der Waals surface area contributed by atoms with E-state index in [9.17, 15) is 9.59 Å². The predicted octanol–water partition coefficient (Wildman–Crippen LogP) is 4.57. The van der Waals surface area contributed by atoms with Gasteiger partial charge in [0.15, 0.2) is 0 Å². The van der Waals surface area contributed by atoms with Crippen molar-refractivity contribution < 1.29 is 33.3 Å². The SMILES string of the molecule is COCCNC(=O)OC1=C(C)NC(C)=C(OC(=O)OC)C1c1ccccc1OCc1ccccc1. The van der Waals surface area contributed by atoms with E-state index in [0.29, 0.717) is 35.9 Å². The van der Waals surface area contributed by atoms with Crippen molar-refractivity contribution in [3.8, 4) is 5.75 Å². The molecule has 0 saturated heterocycles. The predicted molar refractivity (Wildman–Crippen MR) is 128 cm³/mol. The van der Waals surface area contributed by atoms with Crippen LogP contribution in [0.25, 0.3) is 0 Å². The maximum atomic E-state index is 12.5. The Morgan fingerprint density at radius 3 is 2.26 bits per heavy atom. The van der Waals surface area contributed by atoms with Crippen LogP contribution < -0.4 is 15.4 Å². The van der Waals surface area contributed by atoms with Crippen molar-refractivity contribution in [3.05, 3.63) is 88.6 Å². The zero-order valence-corrected chi connectivity index (χ0v) is 20.3. The number of methoxy groups -OCH3 is 2. The highest BCUT2D eigenvalue weighted by molar-refractivity contribution is 5.70. The Bertz CT molecular complexity index is 1100. The molecule has 1 heterocycles. The standard InChI is InChI=1S/C26H30N2O7/c1-17-23(34-25(29)27-14-15-31-3)22(24(18(2)28-17)35-26(30)32-4)20-12-8-9-13-21(20)33-16-19-10-6-5-7-11-19/h5-13,22,28H,14-16H2,1-4H3,(H,27,29). The molecule has 1 aliphatic rings. The van der Waals surface area contributed by atoms with Gasteiger partial charge in [-0.05, 0) is 25.5 Å².